The Bertz CT molecular complexity index is 1110. The molecule has 3 aromatic rings. The standard InChI is InChI=1S/C21H17NO5/c1-3-22-17(12-8-10-13(11-9-12)21(25)26-2)16-18(23)14-6-4-5-7-15(14)27-19(16)20(22)24/h4-11,17H,3H2,1-2H3/t17-/m0/s1. The number of para-hydroxylation sites is 1. The topological polar surface area (TPSA) is 76.8 Å². The van der Waals surface area contributed by atoms with E-state index in [-0.39, 0.29) is 17.1 Å². The minimum absolute atomic E-state index is 0.0857. The number of esters is 1. The molecule has 1 aliphatic heterocycles. The molecule has 4 rings (SSSR count). The molecule has 6 nitrogen and oxygen atoms in total. The summed E-state index contributed by atoms with van der Waals surface area (Å²) < 4.78 is 10.5. The Morgan fingerprint density at radius 1 is 1.11 bits per heavy atom. The Balaban J connectivity index is 1.91. The second-order valence-electron chi connectivity index (χ2n) is 6.28. The van der Waals surface area contributed by atoms with Gasteiger partial charge in [0, 0.05) is 6.54 Å². The van der Waals surface area contributed by atoms with Gasteiger partial charge in [0.2, 0.25) is 5.76 Å². The number of ether oxygens (including phenoxy) is 1. The monoisotopic (exact) mass is 363 g/mol. The number of hydrogen-bond acceptors (Lipinski definition) is 5. The van der Waals surface area contributed by atoms with Gasteiger partial charge >= 0.3 is 5.97 Å². The molecule has 0 saturated carbocycles. The van der Waals surface area contributed by atoms with Crippen molar-refractivity contribution in [2.45, 2.75) is 13.0 Å². The van der Waals surface area contributed by atoms with Gasteiger partial charge in [-0.25, -0.2) is 4.79 Å². The molecular formula is C21H17NO5. The summed E-state index contributed by atoms with van der Waals surface area (Å²) in [6, 6.07) is 13.1. The van der Waals surface area contributed by atoms with Crippen molar-refractivity contribution < 1.29 is 18.7 Å². The molecule has 6 heteroatoms. The molecule has 0 bridgehead atoms. The number of hydrogen-bond donors (Lipinski definition) is 0. The highest BCUT2D eigenvalue weighted by molar-refractivity contribution is 5.99. The predicted molar refractivity (Wildman–Crippen MR) is 98.8 cm³/mol. The average Bonchev–Trinajstić information content (AvgIpc) is 2.99. The number of fused-ring (bicyclic) bond motifs is 2. The van der Waals surface area contributed by atoms with Gasteiger partial charge in [-0.1, -0.05) is 24.3 Å². The van der Waals surface area contributed by atoms with Crippen molar-refractivity contribution in [1.29, 1.82) is 0 Å². The number of methoxy groups -OCH3 is 1. The lowest BCUT2D eigenvalue weighted by Gasteiger charge is -2.23. The Labute approximate surface area is 155 Å². The zero-order chi connectivity index (χ0) is 19.1. The molecule has 0 unspecified atom stereocenters. The lowest BCUT2D eigenvalue weighted by atomic mass is 9.97. The molecule has 2 heterocycles. The molecule has 0 radical (unpaired) electrons. The van der Waals surface area contributed by atoms with Crippen LogP contribution in [0.1, 0.15) is 45.0 Å². The molecule has 0 saturated heterocycles. The van der Waals surface area contributed by atoms with Gasteiger partial charge in [0.1, 0.15) is 5.58 Å². The average molecular weight is 363 g/mol. The van der Waals surface area contributed by atoms with Crippen molar-refractivity contribution >= 4 is 22.8 Å². The lowest BCUT2D eigenvalue weighted by Crippen LogP contribution is -2.29. The van der Waals surface area contributed by atoms with Crippen LogP contribution in [0.5, 0.6) is 0 Å². The fraction of sp³-hybridized carbons (Fsp3) is 0.190. The SMILES string of the molecule is CCN1C(=O)c2oc3ccccc3c(=O)c2[C@@H]1c1ccc(C(=O)OC)cc1. The zero-order valence-corrected chi connectivity index (χ0v) is 14.9. The van der Waals surface area contributed by atoms with E-state index in [0.29, 0.717) is 28.6 Å². The van der Waals surface area contributed by atoms with Crippen LogP contribution in [-0.2, 0) is 4.74 Å². The Morgan fingerprint density at radius 2 is 1.81 bits per heavy atom. The number of carbonyl (C=O) groups excluding carboxylic acids is 2. The van der Waals surface area contributed by atoms with E-state index >= 15 is 0 Å². The number of rotatable bonds is 3. The highest BCUT2D eigenvalue weighted by Gasteiger charge is 2.41. The third-order valence-corrected chi connectivity index (χ3v) is 4.86. The summed E-state index contributed by atoms with van der Waals surface area (Å²) in [5.74, 6) is -0.665. The molecule has 27 heavy (non-hydrogen) atoms. The van der Waals surface area contributed by atoms with E-state index in [0.717, 1.165) is 5.56 Å². The van der Waals surface area contributed by atoms with E-state index in [9.17, 15) is 14.4 Å². The predicted octanol–water partition coefficient (Wildman–Crippen LogP) is 3.14. The van der Waals surface area contributed by atoms with Gasteiger partial charge in [-0.2, -0.15) is 0 Å². The number of benzene rings is 2. The van der Waals surface area contributed by atoms with Crippen molar-refractivity contribution in [3.63, 3.8) is 0 Å². The van der Waals surface area contributed by atoms with Crippen molar-refractivity contribution in [3.05, 3.63) is 81.2 Å². The molecular weight excluding hydrogens is 346 g/mol. The first-order chi connectivity index (χ1) is 13.1. The quantitative estimate of drug-likeness (QED) is 0.668. The van der Waals surface area contributed by atoms with Crippen LogP contribution in [0.4, 0.5) is 0 Å². The third kappa shape index (κ3) is 2.52. The molecule has 0 N–H and O–H groups in total. The normalized spacial score (nSPS) is 15.9. The van der Waals surface area contributed by atoms with Gasteiger partial charge in [0.05, 0.1) is 29.7 Å². The Hall–Kier alpha value is -3.41. The summed E-state index contributed by atoms with van der Waals surface area (Å²) in [6.45, 7) is 2.27. The summed E-state index contributed by atoms with van der Waals surface area (Å²) in [6.07, 6.45) is 0. The summed E-state index contributed by atoms with van der Waals surface area (Å²) in [5, 5.41) is 0.443. The van der Waals surface area contributed by atoms with E-state index < -0.39 is 12.0 Å². The number of nitrogens with zero attached hydrogens (tertiary/aromatic N) is 1. The molecule has 0 spiro atoms. The molecule has 2 aromatic carbocycles. The van der Waals surface area contributed by atoms with E-state index in [1.807, 2.05) is 6.92 Å². The largest absolute Gasteiger partial charge is 0.465 e. The molecule has 0 aliphatic carbocycles. The van der Waals surface area contributed by atoms with Crippen LogP contribution < -0.4 is 5.43 Å². The smallest absolute Gasteiger partial charge is 0.337 e. The highest BCUT2D eigenvalue weighted by atomic mass is 16.5. The Kier molecular flexibility index (Phi) is 4.03. The minimum Gasteiger partial charge on any atom is -0.465 e. The van der Waals surface area contributed by atoms with Crippen LogP contribution >= 0.6 is 0 Å². The van der Waals surface area contributed by atoms with Crippen LogP contribution in [0, 0.1) is 0 Å². The van der Waals surface area contributed by atoms with Gasteiger partial charge in [0.15, 0.2) is 5.43 Å². The first-order valence-electron chi connectivity index (χ1n) is 8.61. The molecule has 1 aliphatic rings. The summed E-state index contributed by atoms with van der Waals surface area (Å²) >= 11 is 0. The second kappa shape index (κ2) is 6.39. The van der Waals surface area contributed by atoms with Crippen LogP contribution in [0.2, 0.25) is 0 Å². The number of carbonyl (C=O) groups is 2. The highest BCUT2D eigenvalue weighted by Crippen LogP contribution is 2.37. The van der Waals surface area contributed by atoms with Gasteiger partial charge in [-0.3, -0.25) is 9.59 Å². The molecule has 1 aromatic heterocycles. The molecule has 0 fully saturated rings. The first-order valence-corrected chi connectivity index (χ1v) is 8.61. The second-order valence-corrected chi connectivity index (χ2v) is 6.28. The van der Waals surface area contributed by atoms with E-state index in [2.05, 4.69) is 0 Å². The maximum Gasteiger partial charge on any atom is 0.337 e. The summed E-state index contributed by atoms with van der Waals surface area (Å²) in [4.78, 5) is 39.2. The van der Waals surface area contributed by atoms with Crippen molar-refractivity contribution in [2.75, 3.05) is 13.7 Å². The van der Waals surface area contributed by atoms with Gasteiger partial charge in [-0.05, 0) is 36.8 Å². The minimum atomic E-state index is -0.551. The molecule has 136 valence electrons. The van der Waals surface area contributed by atoms with E-state index in [4.69, 9.17) is 9.15 Å². The van der Waals surface area contributed by atoms with Crippen LogP contribution in [-0.4, -0.2) is 30.4 Å². The van der Waals surface area contributed by atoms with Gasteiger partial charge in [0.25, 0.3) is 5.91 Å². The van der Waals surface area contributed by atoms with Crippen molar-refractivity contribution in [1.82, 2.24) is 4.90 Å². The van der Waals surface area contributed by atoms with Crippen LogP contribution in [0.15, 0.2) is 57.7 Å². The maximum absolute atomic E-state index is 13.1. The molecule has 1 atom stereocenters. The van der Waals surface area contributed by atoms with E-state index in [1.165, 1.54) is 7.11 Å². The van der Waals surface area contributed by atoms with E-state index in [1.54, 1.807) is 53.4 Å². The van der Waals surface area contributed by atoms with Crippen molar-refractivity contribution in [2.24, 2.45) is 0 Å². The van der Waals surface area contributed by atoms with Gasteiger partial charge in [-0.15, -0.1) is 0 Å². The van der Waals surface area contributed by atoms with Crippen LogP contribution in [0.3, 0.4) is 0 Å². The lowest BCUT2D eigenvalue weighted by molar-refractivity contribution is 0.0600. The fourth-order valence-electron chi connectivity index (χ4n) is 3.56. The maximum atomic E-state index is 13.1. The fourth-order valence-corrected chi connectivity index (χ4v) is 3.56. The van der Waals surface area contributed by atoms with Crippen molar-refractivity contribution in [3.8, 4) is 0 Å². The van der Waals surface area contributed by atoms with Crippen LogP contribution in [0.25, 0.3) is 11.0 Å². The summed E-state index contributed by atoms with van der Waals surface area (Å²) in [7, 11) is 1.32. The zero-order valence-electron chi connectivity index (χ0n) is 14.9. The Morgan fingerprint density at radius 3 is 2.48 bits per heavy atom. The first kappa shape index (κ1) is 17.0. The summed E-state index contributed by atoms with van der Waals surface area (Å²) in [5.41, 5.74) is 1.66. The third-order valence-electron chi connectivity index (χ3n) is 4.86. The molecule has 1 amide bonds. The van der Waals surface area contributed by atoms with Gasteiger partial charge < -0.3 is 14.1 Å². The number of amides is 1.